The highest BCUT2D eigenvalue weighted by Crippen LogP contribution is 2.23. The lowest BCUT2D eigenvalue weighted by Crippen LogP contribution is -2.15. The Morgan fingerprint density at radius 2 is 1.93 bits per heavy atom. The summed E-state index contributed by atoms with van der Waals surface area (Å²) in [5.74, 6) is 0.118. The van der Waals surface area contributed by atoms with Crippen molar-refractivity contribution in [2.24, 2.45) is 0 Å². The summed E-state index contributed by atoms with van der Waals surface area (Å²) < 4.78 is 27.6. The molecule has 6 nitrogen and oxygen atoms in total. The molecule has 136 valence electrons. The molecule has 27 heavy (non-hydrogen) atoms. The second-order valence-corrected chi connectivity index (χ2v) is 5.98. The summed E-state index contributed by atoms with van der Waals surface area (Å²) in [4.78, 5) is 19.8. The Morgan fingerprint density at radius 3 is 2.74 bits per heavy atom. The van der Waals surface area contributed by atoms with Gasteiger partial charge in [0.05, 0.1) is 35.5 Å². The molecule has 2 aromatic carbocycles. The lowest BCUT2D eigenvalue weighted by atomic mass is 10.0. The molecule has 2 N–H and O–H groups in total. The van der Waals surface area contributed by atoms with E-state index in [2.05, 4.69) is 20.4 Å². The Morgan fingerprint density at radius 1 is 1.15 bits per heavy atom. The second-order valence-electron chi connectivity index (χ2n) is 5.98. The van der Waals surface area contributed by atoms with E-state index in [1.807, 2.05) is 24.3 Å². The molecule has 8 heteroatoms. The van der Waals surface area contributed by atoms with E-state index < -0.39 is 12.3 Å². The van der Waals surface area contributed by atoms with Crippen molar-refractivity contribution in [2.45, 2.75) is 12.8 Å². The quantitative estimate of drug-likeness (QED) is 0.562. The van der Waals surface area contributed by atoms with Crippen molar-refractivity contribution in [3.63, 3.8) is 0 Å². The topological polar surface area (TPSA) is 75.6 Å². The molecule has 0 atom stereocenters. The van der Waals surface area contributed by atoms with Crippen molar-refractivity contribution in [1.29, 1.82) is 0 Å². The highest BCUT2D eigenvalue weighted by atomic mass is 19.3. The van der Waals surface area contributed by atoms with Gasteiger partial charge < -0.3 is 10.3 Å². The van der Waals surface area contributed by atoms with E-state index in [1.54, 1.807) is 12.3 Å². The molecule has 0 spiro atoms. The molecule has 0 aliphatic carbocycles. The molecular weight excluding hydrogens is 352 g/mol. The Kier molecular flexibility index (Phi) is 4.37. The first-order valence-corrected chi connectivity index (χ1v) is 8.26. The molecule has 0 saturated carbocycles. The van der Waals surface area contributed by atoms with E-state index >= 15 is 0 Å². The highest BCUT2D eigenvalue weighted by molar-refractivity contribution is 5.92. The van der Waals surface area contributed by atoms with Crippen LogP contribution in [0.4, 0.5) is 14.5 Å². The number of nitrogens with one attached hydrogen (secondary N) is 2. The average molecular weight is 367 g/mol. The third kappa shape index (κ3) is 3.55. The number of hydrogen-bond acceptors (Lipinski definition) is 3. The van der Waals surface area contributed by atoms with Crippen molar-refractivity contribution < 1.29 is 13.6 Å². The molecule has 4 rings (SSSR count). The molecule has 0 bridgehead atoms. The lowest BCUT2D eigenvalue weighted by molar-refractivity contribution is -0.115. The summed E-state index contributed by atoms with van der Waals surface area (Å²) in [6.45, 7) is 0. The predicted octanol–water partition coefficient (Wildman–Crippen LogP) is 3.87. The number of carbonyl (C=O) groups excluding carboxylic acids is 1. The van der Waals surface area contributed by atoms with Crippen LogP contribution in [-0.4, -0.2) is 25.7 Å². The summed E-state index contributed by atoms with van der Waals surface area (Å²) in [6, 6.07) is 13.6. The second kappa shape index (κ2) is 6.99. The third-order valence-corrected chi connectivity index (χ3v) is 4.10. The molecule has 2 aromatic heterocycles. The molecule has 4 aromatic rings. The molecule has 2 heterocycles. The van der Waals surface area contributed by atoms with Gasteiger partial charge in [-0.05, 0) is 17.7 Å². The van der Waals surface area contributed by atoms with Crippen LogP contribution in [0, 0.1) is 0 Å². The zero-order chi connectivity index (χ0) is 18.8. The number of imidazole rings is 1. The summed E-state index contributed by atoms with van der Waals surface area (Å²) >= 11 is 0. The number of alkyl halides is 2. The minimum absolute atomic E-state index is 0.134. The average Bonchev–Trinajstić information content (AvgIpc) is 3.28. The number of para-hydroxylation sites is 2. The normalized spacial score (nSPS) is 11.2. The number of halogens is 2. The third-order valence-electron chi connectivity index (χ3n) is 4.10. The number of fused-ring (bicyclic) bond motifs is 1. The van der Waals surface area contributed by atoms with E-state index in [1.165, 1.54) is 29.1 Å². The van der Waals surface area contributed by atoms with Crippen LogP contribution in [0.5, 0.6) is 0 Å². The number of aromatic amines is 1. The van der Waals surface area contributed by atoms with Gasteiger partial charge in [0.1, 0.15) is 0 Å². The fraction of sp³-hybridized carbons (Fsp3) is 0.105. The fourth-order valence-corrected chi connectivity index (χ4v) is 2.84. The van der Waals surface area contributed by atoms with Gasteiger partial charge in [-0.3, -0.25) is 4.79 Å². The monoisotopic (exact) mass is 367 g/mol. The van der Waals surface area contributed by atoms with E-state index in [9.17, 15) is 13.6 Å². The number of amides is 1. The standard InChI is InChI=1S/C19H15F2N5O/c20-18(21)14-6-2-1-5-12(14)9-17(27)23-13-10-22-26(11-13)19-24-15-7-3-4-8-16(15)25-19/h1-8,10-11,18H,9H2,(H,23,27)(H,24,25). The largest absolute Gasteiger partial charge is 0.323 e. The van der Waals surface area contributed by atoms with Gasteiger partial charge in [-0.15, -0.1) is 0 Å². The van der Waals surface area contributed by atoms with Crippen molar-refractivity contribution in [1.82, 2.24) is 19.7 Å². The SMILES string of the molecule is O=C(Cc1ccccc1C(F)F)Nc1cnn(-c2nc3ccccc3[nH]2)c1. The number of anilines is 1. The van der Waals surface area contributed by atoms with Gasteiger partial charge in [-0.2, -0.15) is 5.10 Å². The molecule has 0 radical (unpaired) electrons. The first kappa shape index (κ1) is 16.9. The number of rotatable bonds is 5. The Balaban J connectivity index is 1.48. The van der Waals surface area contributed by atoms with E-state index in [4.69, 9.17) is 0 Å². The van der Waals surface area contributed by atoms with E-state index in [0.717, 1.165) is 11.0 Å². The summed E-state index contributed by atoms with van der Waals surface area (Å²) in [5.41, 5.74) is 2.30. The Hall–Kier alpha value is -3.55. The Labute approximate surface area is 152 Å². The van der Waals surface area contributed by atoms with Crippen LogP contribution >= 0.6 is 0 Å². The van der Waals surface area contributed by atoms with Crippen LogP contribution in [0.1, 0.15) is 17.6 Å². The predicted molar refractivity (Wildman–Crippen MR) is 96.9 cm³/mol. The Bertz CT molecular complexity index is 1070. The minimum atomic E-state index is -2.62. The molecule has 0 aliphatic rings. The molecule has 0 unspecified atom stereocenters. The van der Waals surface area contributed by atoms with Gasteiger partial charge in [-0.1, -0.05) is 36.4 Å². The molecule has 1 amide bonds. The first-order chi connectivity index (χ1) is 13.1. The summed E-state index contributed by atoms with van der Waals surface area (Å²) in [5, 5.41) is 6.85. The molecule has 0 aliphatic heterocycles. The van der Waals surface area contributed by atoms with Crippen LogP contribution in [0.25, 0.3) is 17.0 Å². The number of carbonyl (C=O) groups is 1. The number of benzene rings is 2. The lowest BCUT2D eigenvalue weighted by Gasteiger charge is -2.08. The summed E-state index contributed by atoms with van der Waals surface area (Å²) in [7, 11) is 0. The van der Waals surface area contributed by atoms with Crippen molar-refractivity contribution in [2.75, 3.05) is 5.32 Å². The summed E-state index contributed by atoms with van der Waals surface area (Å²) in [6.07, 6.45) is 0.319. The van der Waals surface area contributed by atoms with Crippen LogP contribution in [0.3, 0.4) is 0 Å². The minimum Gasteiger partial charge on any atom is -0.323 e. The van der Waals surface area contributed by atoms with Gasteiger partial charge in [0.15, 0.2) is 0 Å². The number of H-pyrrole nitrogens is 1. The first-order valence-electron chi connectivity index (χ1n) is 8.26. The fourth-order valence-electron chi connectivity index (χ4n) is 2.84. The van der Waals surface area contributed by atoms with Crippen molar-refractivity contribution >= 4 is 22.6 Å². The molecule has 0 fully saturated rings. The zero-order valence-corrected chi connectivity index (χ0v) is 14.1. The maximum absolute atomic E-state index is 13.0. The maximum atomic E-state index is 13.0. The van der Waals surface area contributed by atoms with Crippen LogP contribution in [-0.2, 0) is 11.2 Å². The van der Waals surface area contributed by atoms with Gasteiger partial charge in [0.2, 0.25) is 11.9 Å². The molecular formula is C19H15F2N5O. The zero-order valence-electron chi connectivity index (χ0n) is 14.1. The van der Waals surface area contributed by atoms with Crippen molar-refractivity contribution in [3.8, 4) is 5.95 Å². The van der Waals surface area contributed by atoms with Gasteiger partial charge in [0.25, 0.3) is 6.43 Å². The van der Waals surface area contributed by atoms with Crippen LogP contribution in [0.2, 0.25) is 0 Å². The van der Waals surface area contributed by atoms with Gasteiger partial charge in [-0.25, -0.2) is 18.4 Å². The van der Waals surface area contributed by atoms with Crippen molar-refractivity contribution in [3.05, 3.63) is 72.1 Å². The number of hydrogen-bond donors (Lipinski definition) is 2. The van der Waals surface area contributed by atoms with E-state index in [0.29, 0.717) is 17.2 Å². The molecule has 0 saturated heterocycles. The van der Waals surface area contributed by atoms with Gasteiger partial charge in [0, 0.05) is 5.56 Å². The van der Waals surface area contributed by atoms with E-state index in [-0.39, 0.29) is 12.0 Å². The van der Waals surface area contributed by atoms with Crippen LogP contribution in [0.15, 0.2) is 60.9 Å². The maximum Gasteiger partial charge on any atom is 0.264 e. The smallest absolute Gasteiger partial charge is 0.264 e. The highest BCUT2D eigenvalue weighted by Gasteiger charge is 2.15. The number of aromatic nitrogens is 4. The van der Waals surface area contributed by atoms with Gasteiger partial charge >= 0.3 is 0 Å². The van der Waals surface area contributed by atoms with Crippen LogP contribution < -0.4 is 5.32 Å². The number of nitrogens with zero attached hydrogens (tertiary/aromatic N) is 3.